The molecule has 1 aliphatic rings. The van der Waals surface area contributed by atoms with Gasteiger partial charge in [-0.15, -0.1) is 0 Å². The monoisotopic (exact) mass is 553 g/mol. The molecule has 0 saturated heterocycles. The lowest BCUT2D eigenvalue weighted by Gasteiger charge is -2.26. The van der Waals surface area contributed by atoms with Gasteiger partial charge in [-0.1, -0.05) is 12.1 Å². The average molecular weight is 554 g/mol. The first-order valence-corrected chi connectivity index (χ1v) is 12.9. The van der Waals surface area contributed by atoms with Crippen molar-refractivity contribution in [3.05, 3.63) is 103 Å². The van der Waals surface area contributed by atoms with Gasteiger partial charge in [-0.25, -0.2) is 13.3 Å². The molecule has 3 aromatic carbocycles. The molecule has 2 heterocycles. The molecule has 2 amide bonds. The van der Waals surface area contributed by atoms with Crippen LogP contribution < -0.4 is 20.7 Å². The van der Waals surface area contributed by atoms with Crippen LogP contribution in [0.4, 0.5) is 25.8 Å². The predicted molar refractivity (Wildman–Crippen MR) is 151 cm³/mol. The van der Waals surface area contributed by atoms with Crippen LogP contribution in [0, 0.1) is 17.0 Å². The Balaban J connectivity index is 1.38. The number of amides is 2. The lowest BCUT2D eigenvalue weighted by Crippen LogP contribution is -2.41. The van der Waals surface area contributed by atoms with Gasteiger partial charge in [-0.05, 0) is 73.0 Å². The quantitative estimate of drug-likeness (QED) is 0.228. The zero-order chi connectivity index (χ0) is 28.7. The normalized spacial score (nSPS) is 13.5. The summed E-state index contributed by atoms with van der Waals surface area (Å²) in [5.74, 6) is -2.30. The number of halogens is 2. The van der Waals surface area contributed by atoms with Crippen molar-refractivity contribution in [3.8, 4) is 22.6 Å². The first-order valence-electron chi connectivity index (χ1n) is 12.9. The number of anilines is 3. The molecular weight excluding hydrogens is 528 g/mol. The molecule has 41 heavy (non-hydrogen) atoms. The Bertz CT molecular complexity index is 1800. The number of aromatic nitrogens is 2. The summed E-state index contributed by atoms with van der Waals surface area (Å²) in [6.07, 6.45) is 3.92. The number of benzene rings is 3. The SMILES string of the molecule is CNc1cccc(-c2ccn3nccc(Oc4ccc(N(C(=O)C5(C(N)=O)CC5)c5ccc(F)cc5)cc4F)c23)c1. The number of nitrogens with zero attached hydrogens (tertiary/aromatic N) is 3. The van der Waals surface area contributed by atoms with E-state index in [1.54, 1.807) is 23.0 Å². The second-order valence-electron chi connectivity index (χ2n) is 9.83. The zero-order valence-corrected chi connectivity index (χ0v) is 22.0. The summed E-state index contributed by atoms with van der Waals surface area (Å²) in [6.45, 7) is 0. The molecular formula is C31H25F2N5O3. The molecule has 5 aromatic rings. The molecule has 206 valence electrons. The van der Waals surface area contributed by atoms with Crippen molar-refractivity contribution >= 4 is 34.4 Å². The van der Waals surface area contributed by atoms with Crippen LogP contribution in [0.25, 0.3) is 16.6 Å². The molecule has 10 heteroatoms. The first-order chi connectivity index (χ1) is 19.8. The molecule has 0 bridgehead atoms. The summed E-state index contributed by atoms with van der Waals surface area (Å²) in [5.41, 5.74) is 7.93. The van der Waals surface area contributed by atoms with Crippen molar-refractivity contribution in [1.82, 2.24) is 9.61 Å². The van der Waals surface area contributed by atoms with E-state index in [9.17, 15) is 14.0 Å². The Morgan fingerprint density at radius 1 is 0.976 bits per heavy atom. The minimum atomic E-state index is -1.38. The third-order valence-corrected chi connectivity index (χ3v) is 7.29. The summed E-state index contributed by atoms with van der Waals surface area (Å²) in [7, 11) is 1.84. The van der Waals surface area contributed by atoms with Gasteiger partial charge < -0.3 is 15.8 Å². The van der Waals surface area contributed by atoms with Gasteiger partial charge in [-0.2, -0.15) is 5.10 Å². The van der Waals surface area contributed by atoms with Crippen molar-refractivity contribution < 1.29 is 23.1 Å². The van der Waals surface area contributed by atoms with Crippen molar-refractivity contribution in [3.63, 3.8) is 0 Å². The third-order valence-electron chi connectivity index (χ3n) is 7.29. The minimum Gasteiger partial charge on any atom is -0.452 e. The lowest BCUT2D eigenvalue weighted by molar-refractivity contribution is -0.133. The van der Waals surface area contributed by atoms with Crippen molar-refractivity contribution in [2.75, 3.05) is 17.3 Å². The molecule has 1 saturated carbocycles. The summed E-state index contributed by atoms with van der Waals surface area (Å²) >= 11 is 0. The van der Waals surface area contributed by atoms with Crippen molar-refractivity contribution in [2.45, 2.75) is 12.8 Å². The maximum Gasteiger partial charge on any atom is 0.247 e. The largest absolute Gasteiger partial charge is 0.452 e. The number of carbonyl (C=O) groups is 2. The molecule has 0 unspecified atom stereocenters. The van der Waals surface area contributed by atoms with Crippen molar-refractivity contribution in [2.24, 2.45) is 11.1 Å². The second kappa shape index (κ2) is 10.1. The molecule has 2 aromatic heterocycles. The average Bonchev–Trinajstić information content (AvgIpc) is 3.69. The van der Waals surface area contributed by atoms with Gasteiger partial charge in [0.25, 0.3) is 0 Å². The van der Waals surface area contributed by atoms with Crippen LogP contribution in [-0.2, 0) is 9.59 Å². The molecule has 1 fully saturated rings. The number of primary amides is 1. The molecule has 3 N–H and O–H groups in total. The van der Waals surface area contributed by atoms with E-state index in [0.717, 1.165) is 22.9 Å². The van der Waals surface area contributed by atoms with Gasteiger partial charge in [0.15, 0.2) is 17.3 Å². The van der Waals surface area contributed by atoms with E-state index < -0.39 is 28.9 Å². The number of rotatable bonds is 8. The Morgan fingerprint density at radius 2 is 1.73 bits per heavy atom. The van der Waals surface area contributed by atoms with Crippen LogP contribution in [0.5, 0.6) is 11.5 Å². The maximum atomic E-state index is 15.6. The van der Waals surface area contributed by atoms with Gasteiger partial charge >= 0.3 is 0 Å². The van der Waals surface area contributed by atoms with Gasteiger partial charge in [0.05, 0.1) is 11.9 Å². The number of nitrogens with two attached hydrogens (primary N) is 1. The van der Waals surface area contributed by atoms with Crippen LogP contribution in [0.1, 0.15) is 12.8 Å². The number of ether oxygens (including phenoxy) is 1. The molecule has 8 nitrogen and oxygen atoms in total. The van der Waals surface area contributed by atoms with Crippen LogP contribution in [0.3, 0.4) is 0 Å². The van der Waals surface area contributed by atoms with E-state index in [-0.39, 0.29) is 30.0 Å². The molecule has 6 rings (SSSR count). The van der Waals surface area contributed by atoms with E-state index in [1.165, 1.54) is 41.3 Å². The maximum absolute atomic E-state index is 15.6. The molecule has 0 aliphatic heterocycles. The molecule has 0 atom stereocenters. The van der Waals surface area contributed by atoms with Crippen LogP contribution in [0.15, 0.2) is 91.3 Å². The number of hydrogen-bond acceptors (Lipinski definition) is 5. The van der Waals surface area contributed by atoms with Gasteiger partial charge in [-0.3, -0.25) is 14.5 Å². The topological polar surface area (TPSA) is 102 Å². The van der Waals surface area contributed by atoms with Crippen molar-refractivity contribution in [1.29, 1.82) is 0 Å². The highest BCUT2D eigenvalue weighted by Gasteiger charge is 2.57. The second-order valence-corrected chi connectivity index (χ2v) is 9.83. The fourth-order valence-electron chi connectivity index (χ4n) is 4.88. The number of fused-ring (bicyclic) bond motifs is 1. The van der Waals surface area contributed by atoms with E-state index >= 15 is 4.39 Å². The third kappa shape index (κ3) is 4.63. The Hall–Kier alpha value is -5.25. The molecule has 1 aliphatic carbocycles. The fraction of sp³-hybridized carbons (Fsp3) is 0.129. The first kappa shape index (κ1) is 26.0. The zero-order valence-electron chi connectivity index (χ0n) is 22.0. The fourth-order valence-corrected chi connectivity index (χ4v) is 4.88. The van der Waals surface area contributed by atoms with Gasteiger partial charge in [0, 0.05) is 42.3 Å². The highest BCUT2D eigenvalue weighted by atomic mass is 19.1. The van der Waals surface area contributed by atoms with Crippen LogP contribution in [-0.4, -0.2) is 28.5 Å². The number of hydrogen-bond donors (Lipinski definition) is 2. The van der Waals surface area contributed by atoms with E-state index in [2.05, 4.69) is 10.4 Å². The summed E-state index contributed by atoms with van der Waals surface area (Å²) in [6, 6.07) is 20.6. The Kier molecular flexibility index (Phi) is 6.37. The van der Waals surface area contributed by atoms with E-state index in [0.29, 0.717) is 11.3 Å². The lowest BCUT2D eigenvalue weighted by atomic mass is 10.0. The smallest absolute Gasteiger partial charge is 0.247 e. The summed E-state index contributed by atoms with van der Waals surface area (Å²) in [4.78, 5) is 26.9. The van der Waals surface area contributed by atoms with Crippen LogP contribution in [0.2, 0.25) is 0 Å². The molecule has 0 radical (unpaired) electrons. The van der Waals surface area contributed by atoms with Gasteiger partial charge in [0.2, 0.25) is 11.8 Å². The van der Waals surface area contributed by atoms with E-state index in [4.69, 9.17) is 10.5 Å². The number of nitrogens with one attached hydrogen (secondary N) is 1. The standard InChI is InChI=1S/C31H25F2N5O3/c1-35-21-4-2-3-19(17-21)24-12-16-37-28(24)27(11-15-36-37)41-26-10-9-23(18-25(26)33)38(22-7-5-20(32)6-8-22)30(40)31(13-14-31)29(34)39/h2-12,15-18,35H,13-14H2,1H3,(H2,34,39). The molecule has 0 spiro atoms. The number of carbonyl (C=O) groups excluding carboxylic acids is 2. The summed E-state index contributed by atoms with van der Waals surface area (Å²) in [5, 5.41) is 7.47. The minimum absolute atomic E-state index is 0.0829. The Labute approximate surface area is 234 Å². The predicted octanol–water partition coefficient (Wildman–Crippen LogP) is 6.04. The summed E-state index contributed by atoms with van der Waals surface area (Å²) < 4.78 is 37.0. The highest BCUT2D eigenvalue weighted by Crippen LogP contribution is 2.49. The van der Waals surface area contributed by atoms with Crippen LogP contribution >= 0.6 is 0 Å². The van der Waals surface area contributed by atoms with Gasteiger partial charge in [0.1, 0.15) is 16.7 Å². The highest BCUT2D eigenvalue weighted by molar-refractivity contribution is 6.16. The van der Waals surface area contributed by atoms with E-state index in [1.807, 2.05) is 37.4 Å². The Morgan fingerprint density at radius 3 is 2.41 bits per heavy atom.